The van der Waals surface area contributed by atoms with Crippen LogP contribution in [0.25, 0.3) is 0 Å². The lowest BCUT2D eigenvalue weighted by molar-refractivity contribution is -0.130. The van der Waals surface area contributed by atoms with Gasteiger partial charge >= 0.3 is 0 Å². The third-order valence-corrected chi connectivity index (χ3v) is 7.37. The van der Waals surface area contributed by atoms with E-state index < -0.39 is 0 Å². The molecule has 0 saturated heterocycles. The van der Waals surface area contributed by atoms with Crippen LogP contribution in [-0.4, -0.2) is 11.6 Å². The fourth-order valence-corrected chi connectivity index (χ4v) is 6.38. The molecule has 23 heavy (non-hydrogen) atoms. The van der Waals surface area contributed by atoms with Gasteiger partial charge in [-0.15, -0.1) is 0 Å². The summed E-state index contributed by atoms with van der Waals surface area (Å²) >= 11 is 0. The van der Waals surface area contributed by atoms with Crippen molar-refractivity contribution in [1.29, 1.82) is 0 Å². The van der Waals surface area contributed by atoms with Gasteiger partial charge in [-0.3, -0.25) is 9.59 Å². The van der Waals surface area contributed by atoms with Gasteiger partial charge in [0.2, 0.25) is 0 Å². The van der Waals surface area contributed by atoms with E-state index in [2.05, 4.69) is 6.92 Å². The summed E-state index contributed by atoms with van der Waals surface area (Å²) in [4.78, 5) is 24.4. The number of hydrogen-bond donors (Lipinski definition) is 0. The standard InChI is InChI=1S/C20H25FO2/c1-2-20-10-13(11-21)19-15-6-4-14(22)9-12(15)3-5-16(19)17(20)7-8-18(20)23/h9,11,15-17,19H,2-8,10H2,1H3/t15-,16-,17-,19+,20-/m0/s1. The lowest BCUT2D eigenvalue weighted by Gasteiger charge is -2.53. The van der Waals surface area contributed by atoms with Gasteiger partial charge in [-0.1, -0.05) is 12.5 Å². The monoisotopic (exact) mass is 316 g/mol. The van der Waals surface area contributed by atoms with Crippen molar-refractivity contribution in [2.24, 2.45) is 29.1 Å². The van der Waals surface area contributed by atoms with E-state index in [4.69, 9.17) is 0 Å². The minimum Gasteiger partial charge on any atom is -0.299 e. The maximum Gasteiger partial charge on any atom is 0.155 e. The number of allylic oxidation sites excluding steroid dienone is 2. The molecule has 0 amide bonds. The third kappa shape index (κ3) is 2.04. The normalized spacial score (nSPS) is 44.6. The zero-order chi connectivity index (χ0) is 16.2. The molecule has 4 aliphatic carbocycles. The summed E-state index contributed by atoms with van der Waals surface area (Å²) in [7, 11) is 0. The quantitative estimate of drug-likeness (QED) is 0.711. The largest absolute Gasteiger partial charge is 0.299 e. The van der Waals surface area contributed by atoms with E-state index in [0.29, 0.717) is 42.8 Å². The number of ketones is 2. The van der Waals surface area contributed by atoms with Crippen LogP contribution >= 0.6 is 0 Å². The van der Waals surface area contributed by atoms with Gasteiger partial charge in [0, 0.05) is 18.3 Å². The van der Waals surface area contributed by atoms with E-state index in [9.17, 15) is 14.0 Å². The highest BCUT2D eigenvalue weighted by molar-refractivity contribution is 5.91. The van der Waals surface area contributed by atoms with Crippen LogP contribution in [0.5, 0.6) is 0 Å². The van der Waals surface area contributed by atoms with Gasteiger partial charge in [0.1, 0.15) is 5.78 Å². The number of hydrogen-bond acceptors (Lipinski definition) is 2. The van der Waals surface area contributed by atoms with Crippen molar-refractivity contribution in [3.8, 4) is 0 Å². The molecule has 0 N–H and O–H groups in total. The highest BCUT2D eigenvalue weighted by atomic mass is 19.1. The molecule has 3 fully saturated rings. The van der Waals surface area contributed by atoms with Crippen LogP contribution in [0.15, 0.2) is 23.6 Å². The number of Topliss-reactive ketones (excluding diaryl/α,β-unsaturated/α-hetero) is 1. The summed E-state index contributed by atoms with van der Waals surface area (Å²) in [5.74, 6) is 2.00. The molecular formula is C20H25FO2. The molecule has 5 atom stereocenters. The van der Waals surface area contributed by atoms with Crippen molar-refractivity contribution in [2.45, 2.75) is 58.3 Å². The molecule has 0 bridgehead atoms. The first-order chi connectivity index (χ1) is 11.1. The van der Waals surface area contributed by atoms with E-state index >= 15 is 0 Å². The zero-order valence-corrected chi connectivity index (χ0v) is 13.8. The Kier molecular flexibility index (Phi) is 3.58. The van der Waals surface area contributed by atoms with Crippen molar-refractivity contribution in [2.75, 3.05) is 0 Å². The summed E-state index contributed by atoms with van der Waals surface area (Å²) in [5.41, 5.74) is 1.80. The molecule has 0 aromatic rings. The Morgan fingerprint density at radius 3 is 2.78 bits per heavy atom. The number of carbonyl (C=O) groups is 2. The molecule has 0 unspecified atom stereocenters. The van der Waals surface area contributed by atoms with Crippen LogP contribution in [0.1, 0.15) is 58.3 Å². The van der Waals surface area contributed by atoms with Crippen molar-refractivity contribution >= 4 is 11.6 Å². The molecule has 3 heteroatoms. The van der Waals surface area contributed by atoms with Gasteiger partial charge in [0.15, 0.2) is 5.78 Å². The summed E-state index contributed by atoms with van der Waals surface area (Å²) in [6, 6.07) is 0. The highest BCUT2D eigenvalue weighted by Gasteiger charge is 2.59. The molecule has 0 radical (unpaired) electrons. The third-order valence-electron chi connectivity index (χ3n) is 7.37. The first kappa shape index (κ1) is 15.3. The Labute approximate surface area is 137 Å². The lowest BCUT2D eigenvalue weighted by atomic mass is 9.50. The average Bonchev–Trinajstić information content (AvgIpc) is 2.90. The summed E-state index contributed by atoms with van der Waals surface area (Å²) in [5, 5.41) is 0. The van der Waals surface area contributed by atoms with Gasteiger partial charge in [-0.2, -0.15) is 0 Å². The van der Waals surface area contributed by atoms with E-state index in [1.807, 2.05) is 6.08 Å². The summed E-state index contributed by atoms with van der Waals surface area (Å²) in [6.45, 7) is 2.10. The minimum atomic E-state index is -0.301. The predicted octanol–water partition coefficient (Wildman–Crippen LogP) is 4.55. The maximum atomic E-state index is 13.8. The van der Waals surface area contributed by atoms with Gasteiger partial charge in [0.05, 0.1) is 6.33 Å². The molecule has 0 aliphatic heterocycles. The zero-order valence-electron chi connectivity index (χ0n) is 13.8. The highest BCUT2D eigenvalue weighted by Crippen LogP contribution is 2.63. The SMILES string of the molecule is CC[C@]12CC(=CF)[C@H]3[C@@H](CCC4=CC(=O)CC[C@@H]43)[C@@H]1CCC2=O. The van der Waals surface area contributed by atoms with Crippen LogP contribution in [0.4, 0.5) is 4.39 Å². The molecule has 0 spiro atoms. The average molecular weight is 316 g/mol. The summed E-state index contributed by atoms with van der Waals surface area (Å²) in [6.07, 6.45) is 9.18. The molecule has 4 aliphatic rings. The number of fused-ring (bicyclic) bond motifs is 5. The van der Waals surface area contributed by atoms with Crippen LogP contribution in [0.2, 0.25) is 0 Å². The second kappa shape index (κ2) is 5.39. The fourth-order valence-electron chi connectivity index (χ4n) is 6.38. The molecule has 124 valence electrons. The molecular weight excluding hydrogens is 291 g/mol. The molecule has 0 heterocycles. The minimum absolute atomic E-state index is 0.226. The Morgan fingerprint density at radius 1 is 1.22 bits per heavy atom. The Morgan fingerprint density at radius 2 is 2.04 bits per heavy atom. The Bertz CT molecular complexity index is 617. The van der Waals surface area contributed by atoms with Crippen molar-refractivity contribution in [3.63, 3.8) is 0 Å². The van der Waals surface area contributed by atoms with E-state index in [0.717, 1.165) is 44.0 Å². The van der Waals surface area contributed by atoms with E-state index in [-0.39, 0.29) is 17.1 Å². The lowest BCUT2D eigenvalue weighted by Crippen LogP contribution is -2.48. The second-order valence-corrected chi connectivity index (χ2v) is 8.00. The van der Waals surface area contributed by atoms with Crippen LogP contribution in [-0.2, 0) is 9.59 Å². The van der Waals surface area contributed by atoms with Crippen LogP contribution < -0.4 is 0 Å². The number of halogens is 1. The number of rotatable bonds is 1. The molecule has 0 aromatic carbocycles. The first-order valence-corrected chi connectivity index (χ1v) is 9.16. The van der Waals surface area contributed by atoms with Gasteiger partial charge in [-0.25, -0.2) is 4.39 Å². The van der Waals surface area contributed by atoms with E-state index in [1.54, 1.807) is 0 Å². The van der Waals surface area contributed by atoms with Crippen molar-refractivity contribution < 1.29 is 14.0 Å². The Hall–Kier alpha value is -1.25. The predicted molar refractivity (Wildman–Crippen MR) is 86.3 cm³/mol. The van der Waals surface area contributed by atoms with Crippen LogP contribution in [0, 0.1) is 29.1 Å². The fraction of sp³-hybridized carbons (Fsp3) is 0.700. The van der Waals surface area contributed by atoms with Crippen molar-refractivity contribution in [1.82, 2.24) is 0 Å². The van der Waals surface area contributed by atoms with Gasteiger partial charge < -0.3 is 0 Å². The first-order valence-electron chi connectivity index (χ1n) is 9.16. The summed E-state index contributed by atoms with van der Waals surface area (Å²) < 4.78 is 13.8. The van der Waals surface area contributed by atoms with E-state index in [1.165, 1.54) is 5.57 Å². The molecule has 2 nitrogen and oxygen atoms in total. The molecule has 3 saturated carbocycles. The molecule has 4 rings (SSSR count). The maximum absolute atomic E-state index is 13.8. The second-order valence-electron chi connectivity index (χ2n) is 8.00. The Balaban J connectivity index is 1.76. The van der Waals surface area contributed by atoms with Gasteiger partial charge in [-0.05, 0) is 73.8 Å². The van der Waals surface area contributed by atoms with Crippen molar-refractivity contribution in [3.05, 3.63) is 23.6 Å². The topological polar surface area (TPSA) is 34.1 Å². The van der Waals surface area contributed by atoms with Crippen LogP contribution in [0.3, 0.4) is 0 Å². The van der Waals surface area contributed by atoms with Gasteiger partial charge in [0.25, 0.3) is 0 Å². The number of carbonyl (C=O) groups excluding carboxylic acids is 2. The molecule has 0 aromatic heterocycles. The smallest absolute Gasteiger partial charge is 0.155 e.